The Kier molecular flexibility index (Phi) is 6.81. The molecule has 0 aliphatic rings. The standard InChI is InChI=1S/C15H23N3O3/c1-11(2)10-17-15(19)8-9-16-12(3)13-6-4-5-7-14(13)18(20)21/h4-7,11-12,16H,8-10H2,1-3H3,(H,17,19). The molecule has 6 heteroatoms. The highest BCUT2D eigenvalue weighted by Crippen LogP contribution is 2.24. The van der Waals surface area contributed by atoms with Gasteiger partial charge in [-0.05, 0) is 12.8 Å². The zero-order valence-corrected chi connectivity index (χ0v) is 12.8. The summed E-state index contributed by atoms with van der Waals surface area (Å²) in [6, 6.07) is 6.46. The molecule has 1 rings (SSSR count). The SMILES string of the molecule is CC(C)CNC(=O)CCNC(C)c1ccccc1[N+](=O)[O-]. The molecule has 1 unspecified atom stereocenters. The zero-order valence-electron chi connectivity index (χ0n) is 12.8. The maximum absolute atomic E-state index is 11.6. The van der Waals surface area contributed by atoms with Crippen molar-refractivity contribution in [1.82, 2.24) is 10.6 Å². The van der Waals surface area contributed by atoms with Gasteiger partial charge in [-0.25, -0.2) is 0 Å². The first-order valence-corrected chi connectivity index (χ1v) is 7.15. The first-order chi connectivity index (χ1) is 9.91. The molecule has 1 amide bonds. The number of hydrogen-bond acceptors (Lipinski definition) is 4. The fourth-order valence-corrected chi connectivity index (χ4v) is 1.94. The van der Waals surface area contributed by atoms with Crippen molar-refractivity contribution in [1.29, 1.82) is 0 Å². The minimum Gasteiger partial charge on any atom is -0.356 e. The molecule has 1 aromatic carbocycles. The van der Waals surface area contributed by atoms with Gasteiger partial charge in [-0.1, -0.05) is 32.0 Å². The fraction of sp³-hybridized carbons (Fsp3) is 0.533. The van der Waals surface area contributed by atoms with Crippen molar-refractivity contribution >= 4 is 11.6 Å². The van der Waals surface area contributed by atoms with Crippen LogP contribution in [0.15, 0.2) is 24.3 Å². The fourth-order valence-electron chi connectivity index (χ4n) is 1.94. The van der Waals surface area contributed by atoms with E-state index in [0.717, 1.165) is 0 Å². The molecule has 1 aromatic rings. The summed E-state index contributed by atoms with van der Waals surface area (Å²) in [6.07, 6.45) is 0.359. The maximum atomic E-state index is 11.6. The summed E-state index contributed by atoms with van der Waals surface area (Å²) in [5.74, 6) is 0.416. The predicted octanol–water partition coefficient (Wildman–Crippen LogP) is 2.41. The van der Waals surface area contributed by atoms with Crippen LogP contribution in [0.3, 0.4) is 0 Å². The lowest BCUT2D eigenvalue weighted by Gasteiger charge is -2.14. The molecule has 0 aromatic heterocycles. The van der Waals surface area contributed by atoms with Gasteiger partial charge in [0.05, 0.1) is 4.92 Å². The van der Waals surface area contributed by atoms with Crippen LogP contribution in [-0.4, -0.2) is 23.9 Å². The van der Waals surface area contributed by atoms with Crippen LogP contribution in [-0.2, 0) is 4.79 Å². The van der Waals surface area contributed by atoms with Crippen LogP contribution in [0.1, 0.15) is 38.8 Å². The van der Waals surface area contributed by atoms with E-state index in [9.17, 15) is 14.9 Å². The predicted molar refractivity (Wildman–Crippen MR) is 82.0 cm³/mol. The van der Waals surface area contributed by atoms with Crippen LogP contribution >= 0.6 is 0 Å². The number of carbonyl (C=O) groups excluding carboxylic acids is 1. The average molecular weight is 293 g/mol. The number of hydrogen-bond donors (Lipinski definition) is 2. The molecule has 0 radical (unpaired) electrons. The second-order valence-corrected chi connectivity index (χ2v) is 5.44. The number of nitro groups is 1. The number of rotatable bonds is 8. The quantitative estimate of drug-likeness (QED) is 0.569. The Morgan fingerprint density at radius 3 is 2.57 bits per heavy atom. The molecule has 0 saturated carbocycles. The third-order valence-corrected chi connectivity index (χ3v) is 3.11. The molecular formula is C15H23N3O3. The van der Waals surface area contributed by atoms with Gasteiger partial charge in [0.25, 0.3) is 5.69 Å². The normalized spacial score (nSPS) is 12.2. The molecule has 0 bridgehead atoms. The van der Waals surface area contributed by atoms with E-state index in [2.05, 4.69) is 10.6 Å². The number of nitrogens with zero attached hydrogens (tertiary/aromatic N) is 1. The number of amides is 1. The number of nitro benzene ring substituents is 1. The topological polar surface area (TPSA) is 84.3 Å². The van der Waals surface area contributed by atoms with Gasteiger partial charge in [0.1, 0.15) is 0 Å². The Balaban J connectivity index is 2.46. The summed E-state index contributed by atoms with van der Waals surface area (Å²) in [4.78, 5) is 22.2. The first kappa shape index (κ1) is 17.1. The van der Waals surface area contributed by atoms with Gasteiger partial charge in [0.15, 0.2) is 0 Å². The van der Waals surface area contributed by atoms with Crippen LogP contribution in [0.2, 0.25) is 0 Å². The first-order valence-electron chi connectivity index (χ1n) is 7.15. The maximum Gasteiger partial charge on any atom is 0.274 e. The molecular weight excluding hydrogens is 270 g/mol. The molecule has 0 aliphatic carbocycles. The zero-order chi connectivity index (χ0) is 15.8. The van der Waals surface area contributed by atoms with Gasteiger partial charge in [-0.3, -0.25) is 14.9 Å². The largest absolute Gasteiger partial charge is 0.356 e. The minimum absolute atomic E-state index is 0.00837. The van der Waals surface area contributed by atoms with E-state index in [1.807, 2.05) is 20.8 Å². The monoisotopic (exact) mass is 293 g/mol. The third-order valence-electron chi connectivity index (χ3n) is 3.11. The summed E-state index contributed by atoms with van der Waals surface area (Å²) in [6.45, 7) is 7.08. The second-order valence-electron chi connectivity index (χ2n) is 5.44. The van der Waals surface area contributed by atoms with Crippen LogP contribution in [0.25, 0.3) is 0 Å². The van der Waals surface area contributed by atoms with Crippen molar-refractivity contribution in [3.8, 4) is 0 Å². The molecule has 0 heterocycles. The van der Waals surface area contributed by atoms with Crippen LogP contribution < -0.4 is 10.6 Å². The number of carbonyl (C=O) groups is 1. The van der Waals surface area contributed by atoms with Gasteiger partial charge in [0, 0.05) is 37.2 Å². The lowest BCUT2D eigenvalue weighted by molar-refractivity contribution is -0.385. The molecule has 6 nitrogen and oxygen atoms in total. The van der Waals surface area contributed by atoms with E-state index >= 15 is 0 Å². The molecule has 0 aliphatic heterocycles. The summed E-state index contributed by atoms with van der Waals surface area (Å²) >= 11 is 0. The Morgan fingerprint density at radius 2 is 1.95 bits per heavy atom. The Hall–Kier alpha value is -1.95. The molecule has 0 spiro atoms. The lowest BCUT2D eigenvalue weighted by Crippen LogP contribution is -2.31. The van der Waals surface area contributed by atoms with E-state index in [0.29, 0.717) is 31.0 Å². The molecule has 116 valence electrons. The van der Waals surface area contributed by atoms with Crippen molar-refractivity contribution in [3.63, 3.8) is 0 Å². The molecule has 2 N–H and O–H groups in total. The van der Waals surface area contributed by atoms with Crippen molar-refractivity contribution in [3.05, 3.63) is 39.9 Å². The van der Waals surface area contributed by atoms with Gasteiger partial charge < -0.3 is 10.6 Å². The molecule has 1 atom stereocenters. The Labute approximate surface area is 125 Å². The smallest absolute Gasteiger partial charge is 0.274 e. The van der Waals surface area contributed by atoms with Gasteiger partial charge in [0.2, 0.25) is 5.91 Å². The second kappa shape index (κ2) is 8.36. The van der Waals surface area contributed by atoms with E-state index in [1.54, 1.807) is 18.2 Å². The number of nitrogens with one attached hydrogen (secondary N) is 2. The van der Waals surface area contributed by atoms with E-state index < -0.39 is 0 Å². The van der Waals surface area contributed by atoms with Crippen LogP contribution in [0, 0.1) is 16.0 Å². The average Bonchev–Trinajstić information content (AvgIpc) is 2.44. The van der Waals surface area contributed by atoms with Gasteiger partial charge in [-0.2, -0.15) is 0 Å². The van der Waals surface area contributed by atoms with E-state index in [4.69, 9.17) is 0 Å². The van der Waals surface area contributed by atoms with Crippen LogP contribution in [0.5, 0.6) is 0 Å². The highest BCUT2D eigenvalue weighted by Gasteiger charge is 2.17. The number of para-hydroxylation sites is 1. The van der Waals surface area contributed by atoms with Crippen molar-refractivity contribution in [2.24, 2.45) is 5.92 Å². The molecule has 0 fully saturated rings. The van der Waals surface area contributed by atoms with E-state index in [-0.39, 0.29) is 22.6 Å². The highest BCUT2D eigenvalue weighted by molar-refractivity contribution is 5.76. The Bertz CT molecular complexity index is 489. The highest BCUT2D eigenvalue weighted by atomic mass is 16.6. The summed E-state index contributed by atoms with van der Waals surface area (Å²) in [5, 5.41) is 17.0. The molecule has 21 heavy (non-hydrogen) atoms. The Morgan fingerprint density at radius 1 is 1.29 bits per heavy atom. The minimum atomic E-state index is -0.386. The van der Waals surface area contributed by atoms with Crippen molar-refractivity contribution in [2.45, 2.75) is 33.2 Å². The van der Waals surface area contributed by atoms with Crippen molar-refractivity contribution in [2.75, 3.05) is 13.1 Å². The molecule has 0 saturated heterocycles. The van der Waals surface area contributed by atoms with Crippen molar-refractivity contribution < 1.29 is 9.72 Å². The number of benzene rings is 1. The third kappa shape index (κ3) is 5.91. The van der Waals surface area contributed by atoms with Gasteiger partial charge in [-0.15, -0.1) is 0 Å². The van der Waals surface area contributed by atoms with E-state index in [1.165, 1.54) is 6.07 Å². The lowest BCUT2D eigenvalue weighted by atomic mass is 10.1. The summed E-state index contributed by atoms with van der Waals surface area (Å²) < 4.78 is 0. The summed E-state index contributed by atoms with van der Waals surface area (Å²) in [5.41, 5.74) is 0.729. The van der Waals surface area contributed by atoms with Gasteiger partial charge >= 0.3 is 0 Å². The van der Waals surface area contributed by atoms with Crippen LogP contribution in [0.4, 0.5) is 5.69 Å². The summed E-state index contributed by atoms with van der Waals surface area (Å²) in [7, 11) is 0.